The number of Topliss-reactive ketones (excluding diaryl/α,β-unsaturated/α-hetero) is 1. The van der Waals surface area contributed by atoms with Crippen LogP contribution in [0.1, 0.15) is 503 Å². The number of ether oxygens (including phenoxy) is 2. The molecule has 92 heavy (non-hydrogen) atoms. The molecule has 0 N–H and O–H groups in total. The maximum absolute atomic E-state index is 12.9. The molecule has 1 aliphatic carbocycles. The molecule has 5 heteroatoms. The van der Waals surface area contributed by atoms with Crippen molar-refractivity contribution in [2.75, 3.05) is 7.11 Å². The van der Waals surface area contributed by atoms with Gasteiger partial charge in [0.25, 0.3) is 0 Å². The summed E-state index contributed by atoms with van der Waals surface area (Å²) in [5, 5.41) is 0. The smallest absolute Gasteiger partial charge is 0.312 e. The second kappa shape index (κ2) is 72.4. The third kappa shape index (κ3) is 63.4. The molecule has 0 aliphatic heterocycles. The number of unbranched alkanes of at least 4 members (excludes halogenated alkanes) is 63. The van der Waals surface area contributed by atoms with Crippen LogP contribution in [0.4, 0.5) is 0 Å². The van der Waals surface area contributed by atoms with Crippen LogP contribution in [0.5, 0.6) is 0 Å². The van der Waals surface area contributed by atoms with E-state index >= 15 is 0 Å². The SMILES string of the molecule is CCCCCCCCCCCCCCCCCCCCCCCC[C@@H](C(=O)OC)[C@@H](CCCCCCCCCCCCCCC[C@@H]1C[C@@H]1CCCCCCCCCCCCCCCCCCC(=O)[C@@H](C)CCCCCCCCCCCCCCCCCC)OC(C)=O. The molecule has 0 radical (unpaired) electrons. The summed E-state index contributed by atoms with van der Waals surface area (Å²) in [7, 11) is 1.48. The Hall–Kier alpha value is -1.39. The Labute approximate surface area is 578 Å². The van der Waals surface area contributed by atoms with Crippen LogP contribution in [0, 0.1) is 23.7 Å². The highest BCUT2D eigenvalue weighted by atomic mass is 16.6. The Morgan fingerprint density at radius 3 is 0.793 bits per heavy atom. The lowest BCUT2D eigenvalue weighted by atomic mass is 9.91. The highest BCUT2D eigenvalue weighted by molar-refractivity contribution is 5.80. The zero-order valence-electron chi connectivity index (χ0n) is 63.8. The van der Waals surface area contributed by atoms with E-state index in [0.29, 0.717) is 5.78 Å². The molecule has 0 spiro atoms. The molecule has 0 aromatic carbocycles. The Morgan fingerprint density at radius 2 is 0.533 bits per heavy atom. The van der Waals surface area contributed by atoms with Crippen molar-refractivity contribution in [1.29, 1.82) is 0 Å². The molecule has 0 aromatic rings. The lowest BCUT2D eigenvalue weighted by Gasteiger charge is -2.25. The molecular formula is C87H168O5. The second-order valence-corrected chi connectivity index (χ2v) is 31.1. The molecule has 1 aliphatic rings. The molecule has 0 aromatic heterocycles. The fourth-order valence-corrected chi connectivity index (χ4v) is 15.4. The van der Waals surface area contributed by atoms with E-state index < -0.39 is 0 Å². The molecule has 5 atom stereocenters. The summed E-state index contributed by atoms with van der Waals surface area (Å²) >= 11 is 0. The first-order valence-electron chi connectivity index (χ1n) is 43.1. The van der Waals surface area contributed by atoms with E-state index in [1.807, 2.05) is 0 Å². The third-order valence-corrected chi connectivity index (χ3v) is 22.1. The zero-order valence-corrected chi connectivity index (χ0v) is 63.8. The van der Waals surface area contributed by atoms with Crippen molar-refractivity contribution in [2.45, 2.75) is 509 Å². The third-order valence-electron chi connectivity index (χ3n) is 22.1. The normalized spacial score (nSPS) is 14.9. The van der Waals surface area contributed by atoms with Gasteiger partial charge in [0.05, 0.1) is 13.0 Å². The van der Waals surface area contributed by atoms with Gasteiger partial charge in [-0.15, -0.1) is 0 Å². The van der Waals surface area contributed by atoms with Gasteiger partial charge in [0.15, 0.2) is 0 Å². The summed E-state index contributed by atoms with van der Waals surface area (Å²) in [4.78, 5) is 37.7. The number of rotatable bonds is 79. The highest BCUT2D eigenvalue weighted by Crippen LogP contribution is 2.46. The topological polar surface area (TPSA) is 69.7 Å². The summed E-state index contributed by atoms with van der Waals surface area (Å²) in [6, 6.07) is 0. The fourth-order valence-electron chi connectivity index (χ4n) is 15.4. The molecule has 1 fully saturated rings. The van der Waals surface area contributed by atoms with Gasteiger partial charge in [-0.3, -0.25) is 14.4 Å². The number of esters is 2. The zero-order chi connectivity index (χ0) is 66.4. The molecule has 0 unspecified atom stereocenters. The summed E-state index contributed by atoms with van der Waals surface area (Å²) in [6.07, 6.45) is 100. The van der Waals surface area contributed by atoms with Crippen LogP contribution in [0.2, 0.25) is 0 Å². The molecular weight excluding hydrogens is 1120 g/mol. The number of methoxy groups -OCH3 is 1. The maximum Gasteiger partial charge on any atom is 0.312 e. The standard InChI is InChI=1S/C87H168O5/c1-6-8-10-12-14-16-18-20-22-24-25-26-27-28-29-34-40-46-52-58-64-70-76-84(87(90)91-5)86(92-81(4)88)78-72-66-60-54-48-42-36-39-45-51-57-63-69-75-83-79-82(83)74-68-62-56-50-44-38-33-30-31-35-41-47-53-59-65-71-77-85(89)80(3)73-67-61-55-49-43-37-32-23-21-19-17-15-13-11-9-7-2/h80,82-84,86H,6-79H2,1-5H3/t80-,82-,83+,84+,86+/m0/s1. The van der Waals surface area contributed by atoms with Crippen molar-refractivity contribution in [3.8, 4) is 0 Å². The summed E-state index contributed by atoms with van der Waals surface area (Å²) in [6.45, 7) is 8.27. The Balaban J connectivity index is 1.84. The van der Waals surface area contributed by atoms with E-state index in [4.69, 9.17) is 9.47 Å². The molecule has 0 amide bonds. The first-order chi connectivity index (χ1) is 45.3. The van der Waals surface area contributed by atoms with Gasteiger partial charge >= 0.3 is 11.9 Å². The summed E-state index contributed by atoms with van der Waals surface area (Å²) < 4.78 is 11.0. The number of ketones is 1. The van der Waals surface area contributed by atoms with Crippen LogP contribution >= 0.6 is 0 Å². The Morgan fingerprint density at radius 1 is 0.304 bits per heavy atom. The average molecular weight is 1290 g/mol. The maximum atomic E-state index is 12.9. The monoisotopic (exact) mass is 1290 g/mol. The van der Waals surface area contributed by atoms with Crippen LogP contribution in [-0.2, 0) is 23.9 Å². The Bertz CT molecular complexity index is 1490. The number of carbonyl (C=O) groups excluding carboxylic acids is 3. The minimum absolute atomic E-state index is 0.213. The van der Waals surface area contributed by atoms with Crippen molar-refractivity contribution in [2.24, 2.45) is 23.7 Å². The number of carbonyl (C=O) groups is 3. The van der Waals surface area contributed by atoms with Gasteiger partial charge in [0.2, 0.25) is 0 Å². The fraction of sp³-hybridized carbons (Fsp3) is 0.966. The molecule has 0 saturated heterocycles. The van der Waals surface area contributed by atoms with E-state index in [2.05, 4.69) is 20.8 Å². The van der Waals surface area contributed by atoms with Crippen molar-refractivity contribution in [3.63, 3.8) is 0 Å². The van der Waals surface area contributed by atoms with E-state index in [9.17, 15) is 14.4 Å². The lowest BCUT2D eigenvalue weighted by molar-refractivity contribution is -0.160. The highest BCUT2D eigenvalue weighted by Gasteiger charge is 2.35. The predicted molar refractivity (Wildman–Crippen MR) is 405 cm³/mol. The van der Waals surface area contributed by atoms with Gasteiger partial charge in [0, 0.05) is 19.3 Å². The van der Waals surface area contributed by atoms with Gasteiger partial charge in [-0.25, -0.2) is 0 Å². The van der Waals surface area contributed by atoms with E-state index in [0.717, 1.165) is 69.6 Å². The number of hydrogen-bond donors (Lipinski definition) is 0. The average Bonchev–Trinajstić information content (AvgIpc) is 2.52. The minimum Gasteiger partial charge on any atom is -0.469 e. The first-order valence-corrected chi connectivity index (χ1v) is 43.1. The molecule has 5 nitrogen and oxygen atoms in total. The second-order valence-electron chi connectivity index (χ2n) is 31.1. The molecule has 0 heterocycles. The summed E-state index contributed by atoms with van der Waals surface area (Å²) in [5.41, 5.74) is 0. The first kappa shape index (κ1) is 88.6. The molecule has 1 rings (SSSR count). The van der Waals surface area contributed by atoms with Crippen LogP contribution in [0.15, 0.2) is 0 Å². The van der Waals surface area contributed by atoms with Crippen molar-refractivity contribution < 1.29 is 23.9 Å². The van der Waals surface area contributed by atoms with Crippen LogP contribution in [0.3, 0.4) is 0 Å². The van der Waals surface area contributed by atoms with Crippen LogP contribution in [-0.4, -0.2) is 30.9 Å². The van der Waals surface area contributed by atoms with E-state index in [1.54, 1.807) is 0 Å². The van der Waals surface area contributed by atoms with Crippen molar-refractivity contribution in [1.82, 2.24) is 0 Å². The van der Waals surface area contributed by atoms with E-state index in [-0.39, 0.29) is 29.9 Å². The van der Waals surface area contributed by atoms with Gasteiger partial charge in [0.1, 0.15) is 11.9 Å². The predicted octanol–water partition coefficient (Wildman–Crippen LogP) is 30.1. The quantitative estimate of drug-likeness (QED) is 0.0448. The van der Waals surface area contributed by atoms with Crippen LogP contribution in [0.25, 0.3) is 0 Å². The van der Waals surface area contributed by atoms with E-state index in [1.165, 1.54) is 431 Å². The van der Waals surface area contributed by atoms with Crippen molar-refractivity contribution >= 4 is 17.7 Å². The molecule has 546 valence electrons. The van der Waals surface area contributed by atoms with Gasteiger partial charge in [-0.05, 0) is 50.4 Å². The van der Waals surface area contributed by atoms with Gasteiger partial charge in [-0.1, -0.05) is 451 Å². The molecule has 1 saturated carbocycles. The lowest BCUT2D eigenvalue weighted by Crippen LogP contribution is -2.33. The Kier molecular flexibility index (Phi) is 69.7. The van der Waals surface area contributed by atoms with Gasteiger partial charge in [-0.2, -0.15) is 0 Å². The molecule has 0 bridgehead atoms. The van der Waals surface area contributed by atoms with Gasteiger partial charge < -0.3 is 9.47 Å². The van der Waals surface area contributed by atoms with Crippen LogP contribution < -0.4 is 0 Å². The largest absolute Gasteiger partial charge is 0.469 e. The van der Waals surface area contributed by atoms with Crippen molar-refractivity contribution in [3.05, 3.63) is 0 Å². The number of hydrogen-bond acceptors (Lipinski definition) is 5. The minimum atomic E-state index is -0.363. The summed E-state index contributed by atoms with van der Waals surface area (Å²) in [5.74, 6) is 2.11.